The third-order valence-electron chi connectivity index (χ3n) is 2.73. The molecule has 3 heterocycles. The lowest BCUT2D eigenvalue weighted by atomic mass is 10.3. The van der Waals surface area contributed by atoms with Crippen molar-refractivity contribution >= 4 is 29.2 Å². The van der Waals surface area contributed by atoms with Gasteiger partial charge >= 0.3 is 0 Å². The molecule has 0 aliphatic carbocycles. The molecule has 3 rings (SSSR count). The van der Waals surface area contributed by atoms with Crippen LogP contribution in [0.4, 0.5) is 11.5 Å². The van der Waals surface area contributed by atoms with Gasteiger partial charge in [0, 0.05) is 12.4 Å². The Morgan fingerprint density at radius 1 is 1.17 bits per heavy atom. The first-order valence-electron chi connectivity index (χ1n) is 5.64. The zero-order valence-electron chi connectivity index (χ0n) is 9.78. The van der Waals surface area contributed by atoms with Crippen molar-refractivity contribution in [2.45, 2.75) is 17.2 Å². The number of hydrogen-bond donors (Lipinski definition) is 0. The largest absolute Gasteiger partial charge is 0.273 e. The summed E-state index contributed by atoms with van der Waals surface area (Å²) < 4.78 is 0. The molecule has 90 valence electrons. The van der Waals surface area contributed by atoms with Crippen molar-refractivity contribution in [2.24, 2.45) is 0 Å². The molecular weight excluding hydrogens is 246 g/mol. The summed E-state index contributed by atoms with van der Waals surface area (Å²) in [4.78, 5) is 22.5. The van der Waals surface area contributed by atoms with Crippen LogP contribution in [0.1, 0.15) is 6.92 Å². The van der Waals surface area contributed by atoms with E-state index in [2.05, 4.69) is 9.97 Å². The number of anilines is 2. The molecule has 0 spiro atoms. The van der Waals surface area contributed by atoms with Gasteiger partial charge in [0.15, 0.2) is 0 Å². The summed E-state index contributed by atoms with van der Waals surface area (Å²) in [6.45, 7) is 1.89. The lowest BCUT2D eigenvalue weighted by molar-refractivity contribution is -0.117. The number of aromatic nitrogens is 2. The molecule has 1 amide bonds. The fourth-order valence-corrected chi connectivity index (χ4v) is 2.83. The molecule has 18 heavy (non-hydrogen) atoms. The smallest absolute Gasteiger partial charge is 0.246 e. The highest BCUT2D eigenvalue weighted by Gasteiger charge is 2.32. The van der Waals surface area contributed by atoms with Crippen LogP contribution in [-0.2, 0) is 4.79 Å². The van der Waals surface area contributed by atoms with Crippen LogP contribution < -0.4 is 4.90 Å². The Labute approximate surface area is 109 Å². The maximum Gasteiger partial charge on any atom is 0.246 e. The molecule has 4 nitrogen and oxygen atoms in total. The Morgan fingerprint density at radius 2 is 2.00 bits per heavy atom. The van der Waals surface area contributed by atoms with Gasteiger partial charge in [-0.05, 0) is 31.2 Å². The van der Waals surface area contributed by atoms with Gasteiger partial charge in [-0.3, -0.25) is 9.69 Å². The fraction of sp³-hybridized carbons (Fsp3) is 0.154. The molecule has 1 unspecified atom stereocenters. The van der Waals surface area contributed by atoms with Crippen LogP contribution in [0.25, 0.3) is 0 Å². The molecule has 0 fully saturated rings. The maximum absolute atomic E-state index is 12.3. The number of carbonyl (C=O) groups is 1. The van der Waals surface area contributed by atoms with Crippen molar-refractivity contribution in [2.75, 3.05) is 4.90 Å². The maximum atomic E-state index is 12.3. The Kier molecular flexibility index (Phi) is 2.76. The Morgan fingerprint density at radius 3 is 2.78 bits per heavy atom. The molecule has 0 radical (unpaired) electrons. The number of rotatable bonds is 1. The van der Waals surface area contributed by atoms with Crippen LogP contribution in [0.3, 0.4) is 0 Å². The zero-order chi connectivity index (χ0) is 12.5. The van der Waals surface area contributed by atoms with E-state index in [0.717, 1.165) is 10.7 Å². The van der Waals surface area contributed by atoms with E-state index in [1.165, 1.54) is 11.8 Å². The van der Waals surface area contributed by atoms with E-state index in [1.54, 1.807) is 17.3 Å². The van der Waals surface area contributed by atoms with Crippen molar-refractivity contribution in [1.29, 1.82) is 0 Å². The van der Waals surface area contributed by atoms with E-state index < -0.39 is 0 Å². The minimum Gasteiger partial charge on any atom is -0.273 e. The number of hydrogen-bond acceptors (Lipinski definition) is 4. The fourth-order valence-electron chi connectivity index (χ4n) is 1.88. The lowest BCUT2D eigenvalue weighted by Gasteiger charge is -2.30. The molecule has 0 N–H and O–H groups in total. The van der Waals surface area contributed by atoms with Crippen molar-refractivity contribution < 1.29 is 4.79 Å². The molecule has 0 saturated heterocycles. The molecule has 1 aliphatic heterocycles. The summed E-state index contributed by atoms with van der Waals surface area (Å²) >= 11 is 1.49. The average molecular weight is 257 g/mol. The van der Waals surface area contributed by atoms with E-state index >= 15 is 0 Å². The van der Waals surface area contributed by atoms with Gasteiger partial charge < -0.3 is 0 Å². The third-order valence-corrected chi connectivity index (χ3v) is 3.82. The van der Waals surface area contributed by atoms with E-state index in [-0.39, 0.29) is 11.2 Å². The Balaban J connectivity index is 2.15. The highest BCUT2D eigenvalue weighted by atomic mass is 32.2. The predicted octanol–water partition coefficient (Wildman–Crippen LogP) is 2.64. The quantitative estimate of drug-likeness (QED) is 0.788. The van der Waals surface area contributed by atoms with Gasteiger partial charge in [-0.1, -0.05) is 17.8 Å². The summed E-state index contributed by atoms with van der Waals surface area (Å²) in [5.41, 5.74) is 0.810. The molecule has 2 aromatic rings. The zero-order valence-corrected chi connectivity index (χ0v) is 10.6. The van der Waals surface area contributed by atoms with Crippen LogP contribution in [0.5, 0.6) is 0 Å². The molecule has 2 aromatic heterocycles. The molecule has 0 aromatic carbocycles. The van der Waals surface area contributed by atoms with Crippen LogP contribution in [0.2, 0.25) is 0 Å². The van der Waals surface area contributed by atoms with Crippen LogP contribution in [0, 0.1) is 0 Å². The van der Waals surface area contributed by atoms with Crippen molar-refractivity contribution in [3.8, 4) is 0 Å². The summed E-state index contributed by atoms with van der Waals surface area (Å²) in [7, 11) is 0. The van der Waals surface area contributed by atoms with Crippen molar-refractivity contribution in [3.05, 3.63) is 42.7 Å². The monoisotopic (exact) mass is 257 g/mol. The summed E-state index contributed by atoms with van der Waals surface area (Å²) in [6.07, 6.45) is 3.43. The average Bonchev–Trinajstić information content (AvgIpc) is 2.41. The minimum absolute atomic E-state index is 0.0409. The van der Waals surface area contributed by atoms with Gasteiger partial charge in [0.25, 0.3) is 0 Å². The highest BCUT2D eigenvalue weighted by Crippen LogP contribution is 2.40. The molecule has 0 saturated carbocycles. The topological polar surface area (TPSA) is 46.1 Å². The summed E-state index contributed by atoms with van der Waals surface area (Å²) in [5, 5.41) is 0.727. The van der Waals surface area contributed by atoms with Crippen LogP contribution in [0.15, 0.2) is 47.8 Å². The van der Waals surface area contributed by atoms with Gasteiger partial charge in [-0.15, -0.1) is 0 Å². The molecule has 5 heteroatoms. The van der Waals surface area contributed by atoms with E-state index in [0.29, 0.717) is 5.82 Å². The molecule has 1 atom stereocenters. The third kappa shape index (κ3) is 1.76. The molecular formula is C13H11N3OS. The van der Waals surface area contributed by atoms with Crippen molar-refractivity contribution in [1.82, 2.24) is 9.97 Å². The van der Waals surface area contributed by atoms with E-state index in [1.807, 2.05) is 37.3 Å². The second-order valence-electron chi connectivity index (χ2n) is 3.95. The highest BCUT2D eigenvalue weighted by molar-refractivity contribution is 8.00. The Bertz CT molecular complexity index is 588. The molecule has 1 aliphatic rings. The second-order valence-corrected chi connectivity index (χ2v) is 5.28. The first kappa shape index (κ1) is 11.2. The normalized spacial score (nSPS) is 18.6. The van der Waals surface area contributed by atoms with Crippen LogP contribution in [-0.4, -0.2) is 21.1 Å². The van der Waals surface area contributed by atoms with E-state index in [4.69, 9.17) is 0 Å². The summed E-state index contributed by atoms with van der Waals surface area (Å²) in [6, 6.07) is 9.27. The SMILES string of the molecule is CC1Sc2ncccc2N(c2ccccn2)C1=O. The number of pyridine rings is 2. The van der Waals surface area contributed by atoms with Gasteiger partial charge in [-0.2, -0.15) is 0 Å². The standard InChI is InChI=1S/C13H11N3OS/c1-9-13(17)16(11-6-2-3-7-14-11)10-5-4-8-15-12(10)18-9/h2-9H,1H3. The minimum atomic E-state index is -0.144. The number of thioether (sulfide) groups is 1. The van der Waals surface area contributed by atoms with Gasteiger partial charge in [0.05, 0.1) is 10.9 Å². The number of nitrogens with zero attached hydrogens (tertiary/aromatic N) is 3. The van der Waals surface area contributed by atoms with Crippen LogP contribution >= 0.6 is 11.8 Å². The summed E-state index contributed by atoms with van der Waals surface area (Å²) in [5.74, 6) is 0.683. The Hall–Kier alpha value is -1.88. The molecule has 0 bridgehead atoms. The lowest BCUT2D eigenvalue weighted by Crippen LogP contribution is -2.36. The second kappa shape index (κ2) is 4.42. The number of fused-ring (bicyclic) bond motifs is 1. The van der Waals surface area contributed by atoms with Crippen molar-refractivity contribution in [3.63, 3.8) is 0 Å². The van der Waals surface area contributed by atoms with E-state index in [9.17, 15) is 4.79 Å². The van der Waals surface area contributed by atoms with Gasteiger partial charge in [0.2, 0.25) is 5.91 Å². The number of amides is 1. The van der Waals surface area contributed by atoms with Gasteiger partial charge in [0.1, 0.15) is 10.8 Å². The predicted molar refractivity (Wildman–Crippen MR) is 70.9 cm³/mol. The first-order chi connectivity index (χ1) is 8.77. The van der Waals surface area contributed by atoms with Gasteiger partial charge in [-0.25, -0.2) is 9.97 Å². The number of carbonyl (C=O) groups excluding carboxylic acids is 1. The first-order valence-corrected chi connectivity index (χ1v) is 6.52.